The van der Waals surface area contributed by atoms with Crippen molar-refractivity contribution in [1.29, 1.82) is 0 Å². The molecule has 9 heteroatoms. The molecule has 0 unspecified atom stereocenters. The van der Waals surface area contributed by atoms with Gasteiger partial charge < -0.3 is 10.1 Å². The van der Waals surface area contributed by atoms with Crippen LogP contribution in [0.1, 0.15) is 17.5 Å². The van der Waals surface area contributed by atoms with Gasteiger partial charge in [0.2, 0.25) is 5.91 Å². The van der Waals surface area contributed by atoms with Crippen LogP contribution in [0.5, 0.6) is 5.75 Å². The number of rotatable bonds is 9. The number of anilines is 2. The molecule has 0 aliphatic rings. The van der Waals surface area contributed by atoms with Gasteiger partial charge in [-0.1, -0.05) is 36.4 Å². The first-order chi connectivity index (χ1) is 16.9. The van der Waals surface area contributed by atoms with Crippen LogP contribution in [0.2, 0.25) is 0 Å². The molecule has 1 aromatic heterocycles. The van der Waals surface area contributed by atoms with E-state index in [0.29, 0.717) is 29.1 Å². The Balaban J connectivity index is 1.42. The molecular weight excluding hydrogens is 464 g/mol. The molecule has 0 aliphatic carbocycles. The van der Waals surface area contributed by atoms with Crippen LogP contribution in [0.3, 0.4) is 0 Å². The molecule has 0 fully saturated rings. The minimum absolute atomic E-state index is 0.0744. The van der Waals surface area contributed by atoms with Crippen LogP contribution < -0.4 is 14.8 Å². The van der Waals surface area contributed by atoms with Crippen molar-refractivity contribution in [1.82, 2.24) is 9.78 Å². The van der Waals surface area contributed by atoms with E-state index in [1.807, 2.05) is 36.5 Å². The minimum atomic E-state index is -3.91. The zero-order valence-electron chi connectivity index (χ0n) is 19.4. The van der Waals surface area contributed by atoms with Crippen molar-refractivity contribution in [3.63, 3.8) is 0 Å². The molecule has 2 N–H and O–H groups in total. The highest BCUT2D eigenvalue weighted by Crippen LogP contribution is 2.28. The van der Waals surface area contributed by atoms with E-state index in [1.54, 1.807) is 54.2 Å². The van der Waals surface area contributed by atoms with E-state index in [1.165, 1.54) is 13.2 Å². The fraction of sp³-hybridized carbons (Fsp3) is 0.154. The molecule has 180 valence electrons. The number of benzene rings is 3. The number of carbonyl (C=O) groups is 1. The van der Waals surface area contributed by atoms with E-state index in [4.69, 9.17) is 4.74 Å². The molecule has 3 aromatic carbocycles. The second-order valence-corrected chi connectivity index (χ2v) is 9.61. The van der Waals surface area contributed by atoms with Gasteiger partial charge in [0.25, 0.3) is 10.0 Å². The number of ether oxygens (including phenoxy) is 1. The van der Waals surface area contributed by atoms with Gasteiger partial charge in [-0.25, -0.2) is 13.1 Å². The van der Waals surface area contributed by atoms with E-state index in [0.717, 1.165) is 11.3 Å². The average molecular weight is 491 g/mol. The first kappa shape index (κ1) is 24.0. The lowest BCUT2D eigenvalue weighted by molar-refractivity contribution is -0.116. The summed E-state index contributed by atoms with van der Waals surface area (Å²) in [7, 11) is -2.43. The maximum Gasteiger partial charge on any atom is 0.262 e. The van der Waals surface area contributed by atoms with Gasteiger partial charge in [0.05, 0.1) is 29.6 Å². The molecule has 0 radical (unpaired) electrons. The summed E-state index contributed by atoms with van der Waals surface area (Å²) in [6, 6.07) is 21.3. The molecule has 0 bridgehead atoms. The SMILES string of the molecule is COc1ccccc1NS(=O)(=O)c1cc(NC(=O)CCc2cnn(-c3ccccc3)c2)ccc1C. The smallest absolute Gasteiger partial charge is 0.262 e. The Bertz CT molecular complexity index is 1430. The van der Waals surface area contributed by atoms with E-state index in [-0.39, 0.29) is 17.2 Å². The number of carbonyl (C=O) groups excluding carboxylic acids is 1. The molecule has 35 heavy (non-hydrogen) atoms. The lowest BCUT2D eigenvalue weighted by atomic mass is 10.2. The van der Waals surface area contributed by atoms with Crippen molar-refractivity contribution in [3.05, 3.63) is 96.3 Å². The fourth-order valence-electron chi connectivity index (χ4n) is 3.59. The maximum absolute atomic E-state index is 13.1. The predicted molar refractivity (Wildman–Crippen MR) is 135 cm³/mol. The third-order valence-corrected chi connectivity index (χ3v) is 6.92. The van der Waals surface area contributed by atoms with E-state index < -0.39 is 10.0 Å². The average Bonchev–Trinajstić information content (AvgIpc) is 3.34. The highest BCUT2D eigenvalue weighted by molar-refractivity contribution is 7.92. The van der Waals surface area contributed by atoms with Crippen LogP contribution >= 0.6 is 0 Å². The second-order valence-electron chi connectivity index (χ2n) is 7.96. The summed E-state index contributed by atoms with van der Waals surface area (Å²) >= 11 is 0. The van der Waals surface area contributed by atoms with Gasteiger partial charge >= 0.3 is 0 Å². The number of sulfonamides is 1. The Morgan fingerprint density at radius 2 is 1.77 bits per heavy atom. The Morgan fingerprint density at radius 1 is 1.03 bits per heavy atom. The van der Waals surface area contributed by atoms with Crippen LogP contribution in [-0.2, 0) is 21.2 Å². The maximum atomic E-state index is 13.1. The second kappa shape index (κ2) is 10.4. The van der Waals surface area contributed by atoms with Gasteiger partial charge in [0.1, 0.15) is 5.75 Å². The Hall–Kier alpha value is -4.11. The van der Waals surface area contributed by atoms with Gasteiger partial charge in [-0.2, -0.15) is 5.10 Å². The summed E-state index contributed by atoms with van der Waals surface area (Å²) in [6.45, 7) is 1.70. The fourth-order valence-corrected chi connectivity index (χ4v) is 4.93. The van der Waals surface area contributed by atoms with Crippen LogP contribution in [0.15, 0.2) is 90.1 Å². The predicted octanol–water partition coefficient (Wildman–Crippen LogP) is 4.56. The topological polar surface area (TPSA) is 102 Å². The van der Waals surface area contributed by atoms with E-state index in [2.05, 4.69) is 15.1 Å². The number of aromatic nitrogens is 2. The zero-order valence-corrected chi connectivity index (χ0v) is 20.2. The molecule has 0 saturated carbocycles. The molecule has 1 heterocycles. The Kier molecular flexibility index (Phi) is 7.17. The van der Waals surface area contributed by atoms with Crippen molar-refractivity contribution in [2.75, 3.05) is 17.1 Å². The number of methoxy groups -OCH3 is 1. The number of hydrogen-bond donors (Lipinski definition) is 2. The summed E-state index contributed by atoms with van der Waals surface area (Å²) in [5.74, 6) is 0.191. The van der Waals surface area contributed by atoms with Crippen LogP contribution in [0.25, 0.3) is 5.69 Å². The van der Waals surface area contributed by atoms with Crippen molar-refractivity contribution < 1.29 is 17.9 Å². The number of hydrogen-bond acceptors (Lipinski definition) is 5. The summed E-state index contributed by atoms with van der Waals surface area (Å²) < 4.78 is 35.7. The van der Waals surface area contributed by atoms with Gasteiger partial charge in [-0.15, -0.1) is 0 Å². The molecule has 0 saturated heterocycles. The van der Waals surface area contributed by atoms with E-state index >= 15 is 0 Å². The largest absolute Gasteiger partial charge is 0.495 e. The third kappa shape index (κ3) is 5.88. The lowest BCUT2D eigenvalue weighted by Gasteiger charge is -2.14. The zero-order chi connectivity index (χ0) is 24.8. The quantitative estimate of drug-likeness (QED) is 0.358. The Labute approximate surface area is 204 Å². The number of aryl methyl sites for hydroxylation is 2. The van der Waals surface area contributed by atoms with Crippen molar-refractivity contribution in [2.45, 2.75) is 24.7 Å². The third-order valence-electron chi connectivity index (χ3n) is 5.41. The molecule has 0 atom stereocenters. The normalized spacial score (nSPS) is 11.1. The van der Waals surface area contributed by atoms with Gasteiger partial charge in [0, 0.05) is 18.3 Å². The van der Waals surface area contributed by atoms with Gasteiger partial charge in [-0.3, -0.25) is 9.52 Å². The first-order valence-corrected chi connectivity index (χ1v) is 12.5. The number of nitrogens with zero attached hydrogens (tertiary/aromatic N) is 2. The van der Waals surface area contributed by atoms with Crippen molar-refractivity contribution in [2.24, 2.45) is 0 Å². The highest BCUT2D eigenvalue weighted by Gasteiger charge is 2.20. The molecule has 4 aromatic rings. The molecule has 0 spiro atoms. The van der Waals surface area contributed by atoms with Crippen molar-refractivity contribution >= 4 is 27.3 Å². The van der Waals surface area contributed by atoms with Crippen LogP contribution in [0.4, 0.5) is 11.4 Å². The minimum Gasteiger partial charge on any atom is -0.495 e. The number of nitrogens with one attached hydrogen (secondary N) is 2. The van der Waals surface area contributed by atoms with Crippen LogP contribution in [0, 0.1) is 6.92 Å². The molecule has 1 amide bonds. The lowest BCUT2D eigenvalue weighted by Crippen LogP contribution is -2.16. The number of para-hydroxylation sites is 3. The molecule has 8 nitrogen and oxygen atoms in total. The summed E-state index contributed by atoms with van der Waals surface area (Å²) in [5.41, 5.74) is 3.16. The number of amides is 1. The molecule has 4 rings (SSSR count). The van der Waals surface area contributed by atoms with Gasteiger partial charge in [0.15, 0.2) is 0 Å². The monoisotopic (exact) mass is 490 g/mol. The van der Waals surface area contributed by atoms with Crippen LogP contribution in [-0.4, -0.2) is 31.2 Å². The molecular formula is C26H26N4O4S. The molecule has 0 aliphatic heterocycles. The van der Waals surface area contributed by atoms with Crippen molar-refractivity contribution in [3.8, 4) is 11.4 Å². The standard InChI is InChI=1S/C26H26N4O4S/c1-19-12-14-21(16-25(19)35(32,33)29-23-10-6-7-11-24(23)34-2)28-26(31)15-13-20-17-27-30(18-20)22-8-4-3-5-9-22/h3-12,14,16-18,29H,13,15H2,1-2H3,(H,28,31). The summed E-state index contributed by atoms with van der Waals surface area (Å²) in [5, 5.41) is 7.14. The summed E-state index contributed by atoms with van der Waals surface area (Å²) in [4.78, 5) is 12.6. The summed E-state index contributed by atoms with van der Waals surface area (Å²) in [6.07, 6.45) is 4.37. The van der Waals surface area contributed by atoms with E-state index in [9.17, 15) is 13.2 Å². The van der Waals surface area contributed by atoms with Gasteiger partial charge in [-0.05, 0) is 60.9 Å². The Morgan fingerprint density at radius 3 is 2.54 bits per heavy atom. The highest BCUT2D eigenvalue weighted by atomic mass is 32.2. The first-order valence-electron chi connectivity index (χ1n) is 11.0.